The maximum Gasteiger partial charge on any atom is 0.311 e. The largest absolute Gasteiger partial charge is 0.481 e. The summed E-state index contributed by atoms with van der Waals surface area (Å²) in [5, 5.41) is 22.2. The van der Waals surface area contributed by atoms with E-state index < -0.39 is 17.5 Å². The molecule has 3 atom stereocenters. The van der Waals surface area contributed by atoms with Crippen LogP contribution in [-0.2, 0) is 4.79 Å². The second-order valence-electron chi connectivity index (χ2n) is 4.49. The van der Waals surface area contributed by atoms with Crippen LogP contribution in [0.2, 0.25) is 0 Å². The molecule has 80 valence electrons. The van der Waals surface area contributed by atoms with Gasteiger partial charge in [-0.15, -0.1) is 0 Å². The van der Waals surface area contributed by atoms with Crippen molar-refractivity contribution >= 4 is 5.97 Å². The van der Waals surface area contributed by atoms with E-state index in [-0.39, 0.29) is 5.92 Å². The van der Waals surface area contributed by atoms with Gasteiger partial charge in [-0.1, -0.05) is 6.42 Å². The van der Waals surface area contributed by atoms with Gasteiger partial charge in [0, 0.05) is 12.5 Å². The molecule has 1 saturated heterocycles. The zero-order valence-electron chi connectivity index (χ0n) is 8.20. The highest BCUT2D eigenvalue weighted by Crippen LogP contribution is 2.44. The Morgan fingerprint density at radius 2 is 2.21 bits per heavy atom. The van der Waals surface area contributed by atoms with Crippen LogP contribution >= 0.6 is 0 Å². The van der Waals surface area contributed by atoms with Crippen LogP contribution in [-0.4, -0.2) is 35.4 Å². The van der Waals surface area contributed by atoms with Gasteiger partial charge in [0.2, 0.25) is 0 Å². The number of aliphatic hydroxyl groups excluding tert-OH is 1. The molecule has 3 unspecified atom stereocenters. The van der Waals surface area contributed by atoms with Gasteiger partial charge in [-0.05, 0) is 25.8 Å². The standard InChI is InChI=1S/C10H17NO3/c12-8-3-1-2-7(8)10(9(13)14)4-5-11-6-10/h7-8,11-12H,1-6H2,(H,13,14). The molecule has 1 aliphatic carbocycles. The Kier molecular flexibility index (Phi) is 2.49. The summed E-state index contributed by atoms with van der Waals surface area (Å²) in [4.78, 5) is 11.3. The minimum absolute atomic E-state index is 0.0463. The maximum atomic E-state index is 11.3. The molecule has 0 spiro atoms. The Morgan fingerprint density at radius 1 is 1.43 bits per heavy atom. The number of carboxylic acids is 1. The third-order valence-corrected chi connectivity index (χ3v) is 3.80. The molecule has 4 nitrogen and oxygen atoms in total. The molecule has 1 saturated carbocycles. The topological polar surface area (TPSA) is 69.6 Å². The highest BCUT2D eigenvalue weighted by atomic mass is 16.4. The van der Waals surface area contributed by atoms with E-state index in [2.05, 4.69) is 5.32 Å². The number of carboxylic acid groups (broad SMARTS) is 1. The number of hydrogen-bond donors (Lipinski definition) is 3. The summed E-state index contributed by atoms with van der Waals surface area (Å²) >= 11 is 0. The average Bonchev–Trinajstić information content (AvgIpc) is 2.72. The first kappa shape index (κ1) is 9.93. The molecule has 3 N–H and O–H groups in total. The van der Waals surface area contributed by atoms with Gasteiger partial charge in [-0.25, -0.2) is 0 Å². The SMILES string of the molecule is O=C(O)C1(C2CCCC2O)CCNC1. The maximum absolute atomic E-state index is 11.3. The van der Waals surface area contributed by atoms with Crippen molar-refractivity contribution < 1.29 is 15.0 Å². The highest BCUT2D eigenvalue weighted by Gasteiger charge is 2.51. The van der Waals surface area contributed by atoms with Crippen LogP contribution in [0.1, 0.15) is 25.7 Å². The number of hydrogen-bond acceptors (Lipinski definition) is 3. The number of aliphatic hydroxyl groups is 1. The van der Waals surface area contributed by atoms with Crippen molar-refractivity contribution in [1.82, 2.24) is 5.32 Å². The molecular formula is C10H17NO3. The quantitative estimate of drug-likeness (QED) is 0.594. The van der Waals surface area contributed by atoms with Crippen molar-refractivity contribution in [2.45, 2.75) is 31.8 Å². The lowest BCUT2D eigenvalue weighted by Gasteiger charge is -2.32. The Labute approximate surface area is 83.3 Å². The van der Waals surface area contributed by atoms with Gasteiger partial charge in [0.05, 0.1) is 11.5 Å². The monoisotopic (exact) mass is 199 g/mol. The van der Waals surface area contributed by atoms with E-state index in [4.69, 9.17) is 0 Å². The van der Waals surface area contributed by atoms with Crippen LogP contribution < -0.4 is 5.32 Å². The Bertz CT molecular complexity index is 236. The van der Waals surface area contributed by atoms with Gasteiger partial charge >= 0.3 is 5.97 Å². The molecule has 1 heterocycles. The fraction of sp³-hybridized carbons (Fsp3) is 0.900. The zero-order chi connectivity index (χ0) is 10.2. The summed E-state index contributed by atoms with van der Waals surface area (Å²) in [6.45, 7) is 1.28. The van der Waals surface area contributed by atoms with Crippen molar-refractivity contribution in [3.05, 3.63) is 0 Å². The van der Waals surface area contributed by atoms with Gasteiger partial charge in [0.15, 0.2) is 0 Å². The lowest BCUT2D eigenvalue weighted by molar-refractivity contribution is -0.153. The third-order valence-electron chi connectivity index (χ3n) is 3.80. The molecule has 1 aliphatic heterocycles. The van der Waals surface area contributed by atoms with Gasteiger partial charge < -0.3 is 15.5 Å². The number of aliphatic carboxylic acids is 1. The molecule has 0 radical (unpaired) electrons. The molecule has 0 bridgehead atoms. The lowest BCUT2D eigenvalue weighted by atomic mass is 9.72. The van der Waals surface area contributed by atoms with Crippen LogP contribution in [0.4, 0.5) is 0 Å². The van der Waals surface area contributed by atoms with Crippen molar-refractivity contribution in [2.75, 3.05) is 13.1 Å². The van der Waals surface area contributed by atoms with Crippen LogP contribution in [0, 0.1) is 11.3 Å². The molecule has 2 rings (SSSR count). The van der Waals surface area contributed by atoms with E-state index in [9.17, 15) is 15.0 Å². The van der Waals surface area contributed by atoms with E-state index in [0.29, 0.717) is 13.0 Å². The molecule has 0 aromatic heterocycles. The number of nitrogens with one attached hydrogen (secondary N) is 1. The van der Waals surface area contributed by atoms with Crippen LogP contribution in [0.15, 0.2) is 0 Å². The highest BCUT2D eigenvalue weighted by molar-refractivity contribution is 5.76. The summed E-state index contributed by atoms with van der Waals surface area (Å²) in [5.41, 5.74) is -0.698. The third kappa shape index (κ3) is 1.33. The predicted molar refractivity (Wildman–Crippen MR) is 50.9 cm³/mol. The van der Waals surface area contributed by atoms with Crippen LogP contribution in [0.5, 0.6) is 0 Å². The molecule has 0 aromatic carbocycles. The van der Waals surface area contributed by atoms with E-state index in [1.54, 1.807) is 0 Å². The summed E-state index contributed by atoms with van der Waals surface area (Å²) in [7, 11) is 0. The minimum atomic E-state index is -0.742. The Hall–Kier alpha value is -0.610. The Balaban J connectivity index is 2.21. The molecule has 2 fully saturated rings. The molecule has 0 amide bonds. The molecule has 14 heavy (non-hydrogen) atoms. The van der Waals surface area contributed by atoms with Crippen molar-refractivity contribution in [3.63, 3.8) is 0 Å². The fourth-order valence-electron chi connectivity index (χ4n) is 2.95. The lowest BCUT2D eigenvalue weighted by Crippen LogP contribution is -2.43. The van der Waals surface area contributed by atoms with Crippen LogP contribution in [0.25, 0.3) is 0 Å². The first-order valence-corrected chi connectivity index (χ1v) is 5.29. The van der Waals surface area contributed by atoms with E-state index in [1.165, 1.54) is 0 Å². The Morgan fingerprint density at radius 3 is 2.64 bits per heavy atom. The predicted octanol–water partition coefficient (Wildman–Crippen LogP) is 0.212. The molecular weight excluding hydrogens is 182 g/mol. The summed E-state index contributed by atoms with van der Waals surface area (Å²) in [5.74, 6) is -0.788. The van der Waals surface area contributed by atoms with E-state index in [0.717, 1.165) is 25.8 Å². The first-order valence-electron chi connectivity index (χ1n) is 5.29. The second-order valence-corrected chi connectivity index (χ2v) is 4.49. The van der Waals surface area contributed by atoms with Crippen molar-refractivity contribution in [3.8, 4) is 0 Å². The summed E-state index contributed by atoms with van der Waals surface area (Å²) in [6, 6.07) is 0. The normalized spacial score (nSPS) is 42.9. The number of carbonyl (C=O) groups is 1. The van der Waals surface area contributed by atoms with Gasteiger partial charge in [0.1, 0.15) is 0 Å². The molecule has 0 aromatic rings. The summed E-state index contributed by atoms with van der Waals surface area (Å²) in [6.07, 6.45) is 2.82. The molecule has 2 aliphatic rings. The average molecular weight is 199 g/mol. The summed E-state index contributed by atoms with van der Waals surface area (Å²) < 4.78 is 0. The first-order chi connectivity index (χ1) is 6.67. The van der Waals surface area contributed by atoms with Crippen LogP contribution in [0.3, 0.4) is 0 Å². The fourth-order valence-corrected chi connectivity index (χ4v) is 2.95. The van der Waals surface area contributed by atoms with Gasteiger partial charge in [0.25, 0.3) is 0 Å². The second kappa shape index (κ2) is 3.51. The van der Waals surface area contributed by atoms with E-state index >= 15 is 0 Å². The van der Waals surface area contributed by atoms with Gasteiger partial charge in [-0.2, -0.15) is 0 Å². The number of rotatable bonds is 2. The molecule has 4 heteroatoms. The van der Waals surface area contributed by atoms with Gasteiger partial charge in [-0.3, -0.25) is 4.79 Å². The van der Waals surface area contributed by atoms with Crippen molar-refractivity contribution in [1.29, 1.82) is 0 Å². The zero-order valence-corrected chi connectivity index (χ0v) is 8.20. The van der Waals surface area contributed by atoms with E-state index in [1.807, 2.05) is 0 Å². The minimum Gasteiger partial charge on any atom is -0.481 e. The smallest absolute Gasteiger partial charge is 0.311 e. The van der Waals surface area contributed by atoms with Crippen molar-refractivity contribution in [2.24, 2.45) is 11.3 Å².